The van der Waals surface area contributed by atoms with Gasteiger partial charge in [0.15, 0.2) is 0 Å². The lowest BCUT2D eigenvalue weighted by atomic mass is 10.1. The average molecular weight is 227 g/mol. The molecular weight excluding hydrogens is 210 g/mol. The molecule has 0 radical (unpaired) electrons. The lowest BCUT2D eigenvalue weighted by molar-refractivity contribution is -0.142. The largest absolute Gasteiger partial charge is 0.481 e. The third kappa shape index (κ3) is 2.33. The third-order valence-corrected chi connectivity index (χ3v) is 2.41. The van der Waals surface area contributed by atoms with Gasteiger partial charge in [-0.25, -0.2) is 4.68 Å². The van der Waals surface area contributed by atoms with Crippen LogP contribution in [0, 0.1) is 6.92 Å². The van der Waals surface area contributed by atoms with E-state index in [4.69, 9.17) is 10.5 Å². The number of hydrogen-bond acceptors (Lipinski definition) is 5. The van der Waals surface area contributed by atoms with Gasteiger partial charge < -0.3 is 15.2 Å². The highest BCUT2D eigenvalue weighted by Gasteiger charge is 2.21. The lowest BCUT2D eigenvalue weighted by Gasteiger charge is -2.10. The number of esters is 1. The first-order valence-electron chi connectivity index (χ1n) is 4.91. The Morgan fingerprint density at radius 3 is 2.69 bits per heavy atom. The van der Waals surface area contributed by atoms with Gasteiger partial charge in [-0.2, -0.15) is 5.10 Å². The van der Waals surface area contributed by atoms with Crippen molar-refractivity contribution in [2.45, 2.75) is 19.4 Å². The quantitative estimate of drug-likeness (QED) is 0.719. The monoisotopic (exact) mass is 227 g/mol. The minimum atomic E-state index is -0.693. The second kappa shape index (κ2) is 4.98. The SMILES string of the molecule is COC(=O)C(N)Cc1c(C)nn(C)c1OC. The number of carbonyl (C=O) groups excluding carboxylic acids is 1. The summed E-state index contributed by atoms with van der Waals surface area (Å²) in [5, 5.41) is 4.20. The maximum Gasteiger partial charge on any atom is 0.322 e. The number of nitrogens with two attached hydrogens (primary N) is 1. The molecule has 90 valence electrons. The molecule has 1 aromatic heterocycles. The molecule has 0 bridgehead atoms. The molecule has 1 rings (SSSR count). The molecule has 0 aromatic carbocycles. The molecule has 6 heteroatoms. The van der Waals surface area contributed by atoms with Crippen molar-refractivity contribution in [2.75, 3.05) is 14.2 Å². The van der Waals surface area contributed by atoms with Crippen LogP contribution in [0.1, 0.15) is 11.3 Å². The van der Waals surface area contributed by atoms with Gasteiger partial charge in [-0.1, -0.05) is 0 Å². The van der Waals surface area contributed by atoms with Crippen molar-refractivity contribution in [1.82, 2.24) is 9.78 Å². The average Bonchev–Trinajstić information content (AvgIpc) is 2.52. The minimum Gasteiger partial charge on any atom is -0.481 e. The number of aromatic nitrogens is 2. The molecule has 0 saturated carbocycles. The lowest BCUT2D eigenvalue weighted by Crippen LogP contribution is -2.33. The molecule has 6 nitrogen and oxygen atoms in total. The number of nitrogens with zero attached hydrogens (tertiary/aromatic N) is 2. The summed E-state index contributed by atoms with van der Waals surface area (Å²) in [6, 6.07) is -0.693. The van der Waals surface area contributed by atoms with E-state index in [1.807, 2.05) is 6.92 Å². The van der Waals surface area contributed by atoms with E-state index in [1.165, 1.54) is 7.11 Å². The first-order valence-corrected chi connectivity index (χ1v) is 4.91. The molecule has 0 aliphatic heterocycles. The van der Waals surface area contributed by atoms with Gasteiger partial charge in [-0.3, -0.25) is 4.79 Å². The highest BCUT2D eigenvalue weighted by atomic mass is 16.5. The van der Waals surface area contributed by atoms with E-state index in [-0.39, 0.29) is 0 Å². The van der Waals surface area contributed by atoms with Gasteiger partial charge in [0.05, 0.1) is 19.9 Å². The van der Waals surface area contributed by atoms with Crippen LogP contribution in [-0.4, -0.2) is 36.0 Å². The van der Waals surface area contributed by atoms with Gasteiger partial charge in [0, 0.05) is 19.0 Å². The number of aryl methyl sites for hydroxylation is 2. The van der Waals surface area contributed by atoms with E-state index in [0.29, 0.717) is 12.3 Å². The minimum absolute atomic E-state index is 0.357. The Hall–Kier alpha value is -1.56. The van der Waals surface area contributed by atoms with Crippen molar-refractivity contribution in [2.24, 2.45) is 12.8 Å². The number of ether oxygens (including phenoxy) is 2. The van der Waals surface area contributed by atoms with Crippen LogP contribution < -0.4 is 10.5 Å². The van der Waals surface area contributed by atoms with E-state index in [0.717, 1.165) is 11.3 Å². The van der Waals surface area contributed by atoms with Gasteiger partial charge in [0.2, 0.25) is 5.88 Å². The Morgan fingerprint density at radius 1 is 1.56 bits per heavy atom. The predicted molar refractivity (Wildman–Crippen MR) is 58.2 cm³/mol. The molecule has 0 fully saturated rings. The van der Waals surface area contributed by atoms with Gasteiger partial charge >= 0.3 is 5.97 Å². The van der Waals surface area contributed by atoms with Gasteiger partial charge in [-0.05, 0) is 6.92 Å². The summed E-state index contributed by atoms with van der Waals surface area (Å²) in [4.78, 5) is 11.2. The molecule has 0 amide bonds. The van der Waals surface area contributed by atoms with Crippen molar-refractivity contribution < 1.29 is 14.3 Å². The van der Waals surface area contributed by atoms with E-state index in [9.17, 15) is 4.79 Å². The second-order valence-corrected chi connectivity index (χ2v) is 3.53. The molecule has 0 saturated heterocycles. The van der Waals surface area contributed by atoms with E-state index >= 15 is 0 Å². The fraction of sp³-hybridized carbons (Fsp3) is 0.600. The fourth-order valence-electron chi connectivity index (χ4n) is 1.63. The Balaban J connectivity index is 2.92. The van der Waals surface area contributed by atoms with Crippen LogP contribution >= 0.6 is 0 Å². The summed E-state index contributed by atoms with van der Waals surface area (Å²) in [5.41, 5.74) is 7.33. The number of carbonyl (C=O) groups is 1. The summed E-state index contributed by atoms with van der Waals surface area (Å²) < 4.78 is 11.4. The maximum absolute atomic E-state index is 11.2. The summed E-state index contributed by atoms with van der Waals surface area (Å²) in [5.74, 6) is 0.183. The summed E-state index contributed by atoms with van der Waals surface area (Å²) >= 11 is 0. The van der Waals surface area contributed by atoms with E-state index in [2.05, 4.69) is 9.84 Å². The van der Waals surface area contributed by atoms with Gasteiger partial charge in [0.25, 0.3) is 0 Å². The van der Waals surface area contributed by atoms with Crippen LogP contribution in [0.5, 0.6) is 5.88 Å². The number of rotatable bonds is 4. The summed E-state index contributed by atoms with van der Waals surface area (Å²) in [6.45, 7) is 1.85. The highest BCUT2D eigenvalue weighted by Crippen LogP contribution is 2.22. The van der Waals surface area contributed by atoms with Crippen LogP contribution in [0.15, 0.2) is 0 Å². The zero-order valence-corrected chi connectivity index (χ0v) is 9.98. The van der Waals surface area contributed by atoms with Gasteiger partial charge in [-0.15, -0.1) is 0 Å². The normalized spacial score (nSPS) is 12.3. The standard InChI is InChI=1S/C10H17N3O3/c1-6-7(5-8(11)10(14)16-4)9(15-3)13(2)12-6/h8H,5,11H2,1-4H3. The first-order chi connectivity index (χ1) is 7.51. The molecule has 16 heavy (non-hydrogen) atoms. The van der Waals surface area contributed by atoms with Crippen LogP contribution in [-0.2, 0) is 23.0 Å². The maximum atomic E-state index is 11.2. The number of hydrogen-bond donors (Lipinski definition) is 1. The summed E-state index contributed by atoms with van der Waals surface area (Å²) in [7, 11) is 4.65. The van der Waals surface area contributed by atoms with Crippen molar-refractivity contribution in [3.05, 3.63) is 11.3 Å². The smallest absolute Gasteiger partial charge is 0.322 e. The molecular formula is C10H17N3O3. The Bertz CT molecular complexity index is 387. The Kier molecular flexibility index (Phi) is 3.89. The third-order valence-electron chi connectivity index (χ3n) is 2.41. The van der Waals surface area contributed by atoms with Crippen LogP contribution in [0.2, 0.25) is 0 Å². The molecule has 1 aromatic rings. The first kappa shape index (κ1) is 12.5. The Morgan fingerprint density at radius 2 is 2.19 bits per heavy atom. The Labute approximate surface area is 94.3 Å². The van der Waals surface area contributed by atoms with E-state index < -0.39 is 12.0 Å². The van der Waals surface area contributed by atoms with E-state index in [1.54, 1.807) is 18.8 Å². The number of methoxy groups -OCH3 is 2. The molecule has 0 aliphatic carbocycles. The fourth-order valence-corrected chi connectivity index (χ4v) is 1.63. The van der Waals surface area contributed by atoms with Crippen molar-refractivity contribution in [3.8, 4) is 5.88 Å². The zero-order valence-electron chi connectivity index (χ0n) is 9.98. The van der Waals surface area contributed by atoms with Gasteiger partial charge in [0.1, 0.15) is 6.04 Å². The molecule has 1 unspecified atom stereocenters. The van der Waals surface area contributed by atoms with Crippen molar-refractivity contribution in [3.63, 3.8) is 0 Å². The highest BCUT2D eigenvalue weighted by molar-refractivity contribution is 5.75. The second-order valence-electron chi connectivity index (χ2n) is 3.53. The molecule has 2 N–H and O–H groups in total. The predicted octanol–water partition coefficient (Wildman–Crippen LogP) is -0.220. The van der Waals surface area contributed by atoms with Crippen LogP contribution in [0.3, 0.4) is 0 Å². The molecule has 0 spiro atoms. The van der Waals surface area contributed by atoms with Crippen LogP contribution in [0.25, 0.3) is 0 Å². The zero-order chi connectivity index (χ0) is 12.3. The topological polar surface area (TPSA) is 79.4 Å². The molecule has 1 atom stereocenters. The molecule has 0 aliphatic rings. The molecule has 1 heterocycles. The van der Waals surface area contributed by atoms with Crippen LogP contribution in [0.4, 0.5) is 0 Å². The summed E-state index contributed by atoms with van der Waals surface area (Å²) in [6.07, 6.45) is 0.357. The van der Waals surface area contributed by atoms with Crippen molar-refractivity contribution in [1.29, 1.82) is 0 Å². The van der Waals surface area contributed by atoms with Crippen molar-refractivity contribution >= 4 is 5.97 Å².